The predicted octanol–water partition coefficient (Wildman–Crippen LogP) is 6.76. The second-order valence-corrected chi connectivity index (χ2v) is 7.81. The summed E-state index contributed by atoms with van der Waals surface area (Å²) in [5.41, 5.74) is 6.73. The normalized spacial score (nSPS) is 17.8. The summed E-state index contributed by atoms with van der Waals surface area (Å²) in [7, 11) is 0. The Hall–Kier alpha value is -2.41. The van der Waals surface area contributed by atoms with Crippen molar-refractivity contribution in [3.8, 4) is 0 Å². The molecule has 1 aliphatic rings. The molecule has 0 spiro atoms. The number of benzene rings is 2. The zero-order valence-electron chi connectivity index (χ0n) is 16.3. The molecule has 26 heavy (non-hydrogen) atoms. The zero-order chi connectivity index (χ0) is 18.7. The second-order valence-electron chi connectivity index (χ2n) is 7.81. The van der Waals surface area contributed by atoms with E-state index in [9.17, 15) is 4.79 Å². The van der Waals surface area contributed by atoms with Crippen molar-refractivity contribution in [2.24, 2.45) is 0 Å². The van der Waals surface area contributed by atoms with Crippen LogP contribution in [0, 0.1) is 0 Å². The molecule has 3 rings (SSSR count). The fourth-order valence-corrected chi connectivity index (χ4v) is 3.33. The van der Waals surface area contributed by atoms with Crippen molar-refractivity contribution in [1.82, 2.24) is 0 Å². The monoisotopic (exact) mass is 344 g/mol. The molecule has 0 unspecified atom stereocenters. The first kappa shape index (κ1) is 18.4. The Morgan fingerprint density at radius 3 is 1.31 bits per heavy atom. The SMILES string of the molecule is CC(C)c1ccc(/C=C2/CC/C(=C/c3ccc(C(C)C)cc3)C2=O)cc1. The van der Waals surface area contributed by atoms with Crippen LogP contribution in [0.5, 0.6) is 0 Å². The highest BCUT2D eigenvalue weighted by Crippen LogP contribution is 2.30. The van der Waals surface area contributed by atoms with Crippen molar-refractivity contribution in [3.05, 3.63) is 81.9 Å². The molecule has 2 aromatic carbocycles. The molecule has 1 heteroatoms. The summed E-state index contributed by atoms with van der Waals surface area (Å²) < 4.78 is 0. The molecule has 0 heterocycles. The maximum atomic E-state index is 12.7. The summed E-state index contributed by atoms with van der Waals surface area (Å²) in [4.78, 5) is 12.7. The largest absolute Gasteiger partial charge is 0.289 e. The van der Waals surface area contributed by atoms with Crippen LogP contribution in [0.1, 0.15) is 74.6 Å². The van der Waals surface area contributed by atoms with E-state index in [0.29, 0.717) is 11.8 Å². The van der Waals surface area contributed by atoms with Crippen molar-refractivity contribution in [1.29, 1.82) is 0 Å². The van der Waals surface area contributed by atoms with Gasteiger partial charge in [0.05, 0.1) is 0 Å². The highest BCUT2D eigenvalue weighted by Gasteiger charge is 2.22. The molecule has 1 saturated carbocycles. The molecule has 134 valence electrons. The van der Waals surface area contributed by atoms with E-state index in [4.69, 9.17) is 0 Å². The number of hydrogen-bond acceptors (Lipinski definition) is 1. The molecule has 1 fully saturated rings. The van der Waals surface area contributed by atoms with Gasteiger partial charge in [-0.25, -0.2) is 0 Å². The lowest BCUT2D eigenvalue weighted by Gasteiger charge is -2.05. The van der Waals surface area contributed by atoms with Crippen LogP contribution >= 0.6 is 0 Å². The molecule has 0 saturated heterocycles. The number of Topliss-reactive ketones (excluding diaryl/α,β-unsaturated/α-hetero) is 1. The zero-order valence-corrected chi connectivity index (χ0v) is 16.3. The minimum atomic E-state index is 0.200. The lowest BCUT2D eigenvalue weighted by atomic mass is 10.00. The third-order valence-corrected chi connectivity index (χ3v) is 5.14. The van der Waals surface area contributed by atoms with Crippen LogP contribution in [0.25, 0.3) is 12.2 Å². The molecule has 0 radical (unpaired) electrons. The lowest BCUT2D eigenvalue weighted by Crippen LogP contribution is -1.96. The van der Waals surface area contributed by atoms with Crippen molar-refractivity contribution in [2.75, 3.05) is 0 Å². The number of rotatable bonds is 4. The van der Waals surface area contributed by atoms with Crippen LogP contribution in [-0.4, -0.2) is 5.78 Å². The van der Waals surface area contributed by atoms with Crippen LogP contribution in [-0.2, 0) is 4.79 Å². The van der Waals surface area contributed by atoms with Crippen LogP contribution < -0.4 is 0 Å². The summed E-state index contributed by atoms with van der Waals surface area (Å²) in [5, 5.41) is 0. The van der Waals surface area contributed by atoms with E-state index in [2.05, 4.69) is 88.4 Å². The van der Waals surface area contributed by atoms with Gasteiger partial charge in [0.1, 0.15) is 0 Å². The third-order valence-electron chi connectivity index (χ3n) is 5.14. The first-order chi connectivity index (χ1) is 12.4. The maximum Gasteiger partial charge on any atom is 0.185 e. The fourth-order valence-electron chi connectivity index (χ4n) is 3.33. The lowest BCUT2D eigenvalue weighted by molar-refractivity contribution is -0.111. The quantitative estimate of drug-likeness (QED) is 0.560. The average molecular weight is 344 g/mol. The molecule has 0 bridgehead atoms. The standard InChI is InChI=1S/C25H28O/c1-17(2)21-9-5-19(6-10-21)15-23-13-14-24(25(23)26)16-20-7-11-22(12-8-20)18(3)4/h5-12,15-18H,13-14H2,1-4H3/b23-15-,24-16-. The molecular formula is C25H28O. The highest BCUT2D eigenvalue weighted by molar-refractivity contribution is 6.15. The van der Waals surface area contributed by atoms with Crippen molar-refractivity contribution < 1.29 is 4.79 Å². The third kappa shape index (κ3) is 4.22. The van der Waals surface area contributed by atoms with Gasteiger partial charge in [-0.1, -0.05) is 76.2 Å². The van der Waals surface area contributed by atoms with Crippen molar-refractivity contribution in [3.63, 3.8) is 0 Å². The van der Waals surface area contributed by atoms with Gasteiger partial charge >= 0.3 is 0 Å². The molecule has 0 aromatic heterocycles. The van der Waals surface area contributed by atoms with E-state index >= 15 is 0 Å². The van der Waals surface area contributed by atoms with Gasteiger partial charge in [0.2, 0.25) is 0 Å². The molecular weight excluding hydrogens is 316 g/mol. The summed E-state index contributed by atoms with van der Waals surface area (Å²) in [6.45, 7) is 8.77. The summed E-state index contributed by atoms with van der Waals surface area (Å²) in [5.74, 6) is 1.26. The predicted molar refractivity (Wildman–Crippen MR) is 111 cm³/mol. The van der Waals surface area contributed by atoms with Gasteiger partial charge in [0, 0.05) is 11.1 Å². The second kappa shape index (κ2) is 7.86. The van der Waals surface area contributed by atoms with Crippen molar-refractivity contribution in [2.45, 2.75) is 52.4 Å². The molecule has 0 atom stereocenters. The highest BCUT2D eigenvalue weighted by atomic mass is 16.1. The maximum absolute atomic E-state index is 12.7. The van der Waals surface area contributed by atoms with Gasteiger partial charge in [0.15, 0.2) is 5.78 Å². The Balaban J connectivity index is 1.76. The first-order valence-electron chi connectivity index (χ1n) is 9.60. The van der Waals surface area contributed by atoms with Crippen LogP contribution in [0.3, 0.4) is 0 Å². The van der Waals surface area contributed by atoms with Gasteiger partial charge in [-0.3, -0.25) is 4.79 Å². The van der Waals surface area contributed by atoms with E-state index in [1.165, 1.54) is 11.1 Å². The molecule has 2 aromatic rings. The Bertz CT molecular complexity index is 759. The first-order valence-corrected chi connectivity index (χ1v) is 9.60. The van der Waals surface area contributed by atoms with Gasteiger partial charge in [0.25, 0.3) is 0 Å². The molecule has 0 N–H and O–H groups in total. The number of allylic oxidation sites excluding steroid dienone is 2. The number of hydrogen-bond donors (Lipinski definition) is 0. The summed E-state index contributed by atoms with van der Waals surface area (Å²) in [6, 6.07) is 17.1. The van der Waals surface area contributed by atoms with E-state index in [-0.39, 0.29) is 5.78 Å². The molecule has 0 amide bonds. The minimum Gasteiger partial charge on any atom is -0.289 e. The van der Waals surface area contributed by atoms with E-state index in [0.717, 1.165) is 35.1 Å². The smallest absolute Gasteiger partial charge is 0.185 e. The summed E-state index contributed by atoms with van der Waals surface area (Å²) in [6.07, 6.45) is 5.77. The van der Waals surface area contributed by atoms with Crippen LogP contribution in [0.2, 0.25) is 0 Å². The Morgan fingerprint density at radius 1 is 0.654 bits per heavy atom. The van der Waals surface area contributed by atoms with E-state index in [1.807, 2.05) is 0 Å². The van der Waals surface area contributed by atoms with E-state index in [1.54, 1.807) is 0 Å². The minimum absolute atomic E-state index is 0.200. The molecule has 1 nitrogen and oxygen atoms in total. The van der Waals surface area contributed by atoms with E-state index < -0.39 is 0 Å². The Morgan fingerprint density at radius 2 is 1.00 bits per heavy atom. The topological polar surface area (TPSA) is 17.1 Å². The number of carbonyl (C=O) groups excluding carboxylic acids is 1. The average Bonchev–Trinajstić information content (AvgIpc) is 2.96. The fraction of sp³-hybridized carbons (Fsp3) is 0.320. The molecule has 1 aliphatic carbocycles. The van der Waals surface area contributed by atoms with Gasteiger partial charge in [-0.2, -0.15) is 0 Å². The number of ketones is 1. The Labute approximate surface area is 157 Å². The van der Waals surface area contributed by atoms with Crippen LogP contribution in [0.15, 0.2) is 59.7 Å². The Kier molecular flexibility index (Phi) is 5.56. The van der Waals surface area contributed by atoms with Gasteiger partial charge in [-0.15, -0.1) is 0 Å². The summed E-state index contributed by atoms with van der Waals surface area (Å²) >= 11 is 0. The molecule has 0 aliphatic heterocycles. The number of carbonyl (C=O) groups is 1. The van der Waals surface area contributed by atoms with Gasteiger partial charge in [-0.05, 0) is 59.1 Å². The van der Waals surface area contributed by atoms with Gasteiger partial charge < -0.3 is 0 Å². The van der Waals surface area contributed by atoms with Crippen molar-refractivity contribution >= 4 is 17.9 Å². The van der Waals surface area contributed by atoms with Crippen LogP contribution in [0.4, 0.5) is 0 Å².